The van der Waals surface area contributed by atoms with Gasteiger partial charge in [0.2, 0.25) is 5.91 Å². The molecule has 7 nitrogen and oxygen atoms in total. The largest absolute Gasteiger partial charge is 0.435 e. The van der Waals surface area contributed by atoms with Crippen LogP contribution >= 0.6 is 11.6 Å². The number of likely N-dealkylation sites (N-methyl/N-ethyl adjacent to an activating group) is 1. The molecule has 0 atom stereocenters. The van der Waals surface area contributed by atoms with Gasteiger partial charge in [0, 0.05) is 35.8 Å². The first-order chi connectivity index (χ1) is 17.9. The van der Waals surface area contributed by atoms with Crippen LogP contribution in [0.25, 0.3) is 11.1 Å². The van der Waals surface area contributed by atoms with Crippen molar-refractivity contribution in [3.63, 3.8) is 0 Å². The first kappa shape index (κ1) is 29.0. The summed E-state index contributed by atoms with van der Waals surface area (Å²) in [5, 5.41) is 12.5. The number of benzene rings is 2. The predicted octanol–water partition coefficient (Wildman–Crippen LogP) is 5.95. The van der Waals surface area contributed by atoms with Crippen molar-refractivity contribution >= 4 is 29.0 Å². The van der Waals surface area contributed by atoms with Gasteiger partial charge in [0.05, 0.1) is 23.9 Å². The molecule has 0 spiro atoms. The van der Waals surface area contributed by atoms with E-state index in [9.17, 15) is 22.4 Å². The summed E-state index contributed by atoms with van der Waals surface area (Å²) in [5.41, 5.74) is 0.221. The molecule has 0 aliphatic carbocycles. The van der Waals surface area contributed by atoms with Gasteiger partial charge in [-0.3, -0.25) is 4.79 Å². The highest BCUT2D eigenvalue weighted by atomic mass is 35.5. The Bertz CT molecular complexity index is 1250. The van der Waals surface area contributed by atoms with Crippen molar-refractivity contribution in [1.29, 1.82) is 0 Å². The van der Waals surface area contributed by atoms with Gasteiger partial charge in [-0.1, -0.05) is 29.8 Å². The number of hydrogen-bond donors (Lipinski definition) is 2. The zero-order chi connectivity index (χ0) is 28.0. The number of hydrogen-bond acceptors (Lipinski definition) is 6. The number of amides is 1. The fourth-order valence-corrected chi connectivity index (χ4v) is 4.06. The number of halogens is 5. The molecule has 1 aromatic heterocycles. The molecule has 3 aromatic rings. The molecule has 38 heavy (non-hydrogen) atoms. The number of ether oxygens (including phenoxy) is 2. The molecule has 1 amide bonds. The third kappa shape index (κ3) is 6.84. The number of rotatable bonds is 11. The fraction of sp³-hybridized carbons (Fsp3) is 0.308. The summed E-state index contributed by atoms with van der Waals surface area (Å²) in [5.74, 6) is -0.951. The minimum absolute atomic E-state index is 0.108. The highest BCUT2D eigenvalue weighted by Gasteiger charge is 2.35. The summed E-state index contributed by atoms with van der Waals surface area (Å²) < 4.78 is 60.3. The highest BCUT2D eigenvalue weighted by molar-refractivity contribution is 6.33. The van der Waals surface area contributed by atoms with Crippen LogP contribution in [0, 0.1) is 0 Å². The molecule has 2 N–H and O–H groups in total. The molecule has 0 unspecified atom stereocenters. The molecule has 0 aliphatic heterocycles. The molecule has 1 heterocycles. The zero-order valence-electron chi connectivity index (χ0n) is 20.7. The van der Waals surface area contributed by atoms with Crippen LogP contribution in [0.2, 0.25) is 5.02 Å². The summed E-state index contributed by atoms with van der Waals surface area (Å²) in [7, 11) is 1.50. The van der Waals surface area contributed by atoms with E-state index in [1.807, 2.05) is 0 Å². The van der Waals surface area contributed by atoms with Crippen molar-refractivity contribution in [3.8, 4) is 22.6 Å². The number of anilines is 2. The molecule has 0 fully saturated rings. The molecule has 0 radical (unpaired) electrons. The first-order valence-electron chi connectivity index (χ1n) is 11.4. The lowest BCUT2D eigenvalue weighted by Gasteiger charge is -2.31. The molecule has 0 saturated carbocycles. The monoisotopic (exact) mass is 555 g/mol. The quantitative estimate of drug-likeness (QED) is 0.285. The second kappa shape index (κ2) is 12.3. The molecule has 12 heteroatoms. The number of carbonyl (C=O) groups is 1. The smallest absolute Gasteiger partial charge is 0.387 e. The van der Waals surface area contributed by atoms with Gasteiger partial charge >= 0.3 is 13.2 Å². The van der Waals surface area contributed by atoms with Gasteiger partial charge in [-0.2, -0.15) is 17.6 Å². The van der Waals surface area contributed by atoms with E-state index < -0.39 is 36.0 Å². The number of pyridine rings is 1. The van der Waals surface area contributed by atoms with Crippen LogP contribution in [0.1, 0.15) is 19.4 Å². The molecular formula is C26H26ClF4N3O4. The number of aliphatic hydroxyl groups is 1. The molecule has 0 aliphatic rings. The number of aromatic nitrogens is 1. The number of carbonyl (C=O) groups excluding carboxylic acids is 1. The lowest BCUT2D eigenvalue weighted by Crippen LogP contribution is -2.41. The maximum atomic E-state index is 13.8. The van der Waals surface area contributed by atoms with Crippen molar-refractivity contribution in [2.45, 2.75) is 32.5 Å². The summed E-state index contributed by atoms with van der Waals surface area (Å²) in [6.45, 7) is -3.28. The number of nitrogens with zero attached hydrogens (tertiary/aromatic N) is 2. The van der Waals surface area contributed by atoms with Gasteiger partial charge < -0.3 is 24.8 Å². The Morgan fingerprint density at radius 1 is 1.05 bits per heavy atom. The number of aliphatic hydroxyl groups excluding tert-OH is 1. The third-order valence-electron chi connectivity index (χ3n) is 5.72. The van der Waals surface area contributed by atoms with Crippen LogP contribution in [0.4, 0.5) is 29.1 Å². The van der Waals surface area contributed by atoms with Gasteiger partial charge in [-0.25, -0.2) is 4.98 Å². The predicted molar refractivity (Wildman–Crippen MR) is 136 cm³/mol. The Hall–Kier alpha value is -3.57. The van der Waals surface area contributed by atoms with Crippen LogP contribution < -0.4 is 19.7 Å². The highest BCUT2D eigenvalue weighted by Crippen LogP contribution is 2.39. The van der Waals surface area contributed by atoms with E-state index in [-0.39, 0.29) is 18.7 Å². The fourth-order valence-electron chi connectivity index (χ4n) is 3.82. The molecule has 0 saturated heterocycles. The van der Waals surface area contributed by atoms with Crippen molar-refractivity contribution in [3.05, 3.63) is 65.3 Å². The molecule has 204 valence electrons. The first-order valence-corrected chi connectivity index (χ1v) is 11.7. The summed E-state index contributed by atoms with van der Waals surface area (Å²) in [4.78, 5) is 19.4. The van der Waals surface area contributed by atoms with Crippen LogP contribution in [-0.2, 0) is 10.2 Å². The van der Waals surface area contributed by atoms with Gasteiger partial charge in [-0.15, -0.1) is 0 Å². The van der Waals surface area contributed by atoms with Crippen molar-refractivity contribution in [1.82, 2.24) is 4.98 Å². The Morgan fingerprint density at radius 3 is 2.21 bits per heavy atom. The van der Waals surface area contributed by atoms with E-state index in [0.29, 0.717) is 27.7 Å². The van der Waals surface area contributed by atoms with Crippen molar-refractivity contribution < 1.29 is 36.9 Å². The lowest BCUT2D eigenvalue weighted by atomic mass is 9.82. The van der Waals surface area contributed by atoms with E-state index in [1.54, 1.807) is 30.3 Å². The second-order valence-electron chi connectivity index (χ2n) is 8.66. The van der Waals surface area contributed by atoms with Gasteiger partial charge in [-0.05, 0) is 43.7 Å². The number of alkyl halides is 4. The van der Waals surface area contributed by atoms with Crippen LogP contribution in [0.3, 0.4) is 0 Å². The van der Waals surface area contributed by atoms with Gasteiger partial charge in [0.1, 0.15) is 17.3 Å². The summed E-state index contributed by atoms with van der Waals surface area (Å²) in [6.07, 6.45) is 1.45. The normalized spacial score (nSPS) is 11.6. The van der Waals surface area contributed by atoms with E-state index in [2.05, 4.69) is 19.8 Å². The average Bonchev–Trinajstić information content (AvgIpc) is 2.85. The van der Waals surface area contributed by atoms with Crippen molar-refractivity contribution in [2.24, 2.45) is 0 Å². The number of nitrogens with one attached hydrogen (secondary N) is 1. The SMILES string of the molecule is CN(C(=O)C(C)(C)c1cc(OC(F)F)cc(OC(F)F)c1)c1cnc(NCCO)cc1-c1ccccc1Cl. The lowest BCUT2D eigenvalue weighted by molar-refractivity contribution is -0.122. The molecule has 3 rings (SSSR count). The van der Waals surface area contributed by atoms with E-state index >= 15 is 0 Å². The Labute approximate surface area is 222 Å². The molecular weight excluding hydrogens is 530 g/mol. The van der Waals surface area contributed by atoms with Crippen LogP contribution in [0.5, 0.6) is 11.5 Å². The van der Waals surface area contributed by atoms with Gasteiger partial charge in [0.15, 0.2) is 0 Å². The van der Waals surface area contributed by atoms with Crippen molar-refractivity contribution in [2.75, 3.05) is 30.4 Å². The minimum Gasteiger partial charge on any atom is -0.435 e. The van der Waals surface area contributed by atoms with Crippen LogP contribution in [0.15, 0.2) is 54.7 Å². The molecule has 0 bridgehead atoms. The summed E-state index contributed by atoms with van der Waals surface area (Å²) >= 11 is 6.44. The Kier molecular flexibility index (Phi) is 9.40. The van der Waals surface area contributed by atoms with Crippen LogP contribution in [-0.4, -0.2) is 49.4 Å². The standard InChI is InChI=1S/C26H26ClF4N3O4/c1-26(2,15-10-16(37-24(28)29)12-17(11-15)38-25(30)31)23(36)34(3)21-14-33-22(32-8-9-35)13-19(21)18-6-4-5-7-20(18)27/h4-7,10-14,24-25,35H,8-9H2,1-3H3,(H,32,33). The average molecular weight is 556 g/mol. The Balaban J connectivity index is 2.06. The van der Waals surface area contributed by atoms with Gasteiger partial charge in [0.25, 0.3) is 0 Å². The molecule has 2 aromatic carbocycles. The maximum absolute atomic E-state index is 13.8. The Morgan fingerprint density at radius 2 is 1.66 bits per heavy atom. The van der Waals surface area contributed by atoms with E-state index in [1.165, 1.54) is 44.1 Å². The zero-order valence-corrected chi connectivity index (χ0v) is 21.5. The van der Waals surface area contributed by atoms with E-state index in [4.69, 9.17) is 16.7 Å². The third-order valence-corrected chi connectivity index (χ3v) is 6.05. The maximum Gasteiger partial charge on any atom is 0.387 e. The van der Waals surface area contributed by atoms with E-state index in [0.717, 1.165) is 6.07 Å². The second-order valence-corrected chi connectivity index (χ2v) is 9.06. The summed E-state index contributed by atoms with van der Waals surface area (Å²) in [6, 6.07) is 11.9. The minimum atomic E-state index is -3.21. The topological polar surface area (TPSA) is 83.9 Å².